The number of carbonyl (C=O) groups is 2. The molecule has 0 aliphatic rings. The van der Waals surface area contributed by atoms with Crippen LogP contribution < -0.4 is 15.4 Å². The van der Waals surface area contributed by atoms with E-state index in [0.29, 0.717) is 28.6 Å². The van der Waals surface area contributed by atoms with Crippen molar-refractivity contribution in [3.63, 3.8) is 0 Å². The van der Waals surface area contributed by atoms with E-state index in [1.54, 1.807) is 42.5 Å². The first-order valence-corrected chi connectivity index (χ1v) is 11.8. The third-order valence-corrected chi connectivity index (χ3v) is 5.66. The minimum atomic E-state index is -0.438. The first-order valence-electron chi connectivity index (χ1n) is 11.8. The lowest BCUT2D eigenvalue weighted by Crippen LogP contribution is -2.44. The Balaban J connectivity index is 1.56. The lowest BCUT2D eigenvalue weighted by atomic mass is 10.1. The molecule has 3 amide bonds. The van der Waals surface area contributed by atoms with Crippen LogP contribution in [0.15, 0.2) is 84.9 Å². The Bertz CT molecular complexity index is 1370. The summed E-state index contributed by atoms with van der Waals surface area (Å²) in [5.74, 6) is 0.120. The van der Waals surface area contributed by atoms with Gasteiger partial charge in [-0.25, -0.2) is 13.9 Å². The first-order chi connectivity index (χ1) is 17.9. The van der Waals surface area contributed by atoms with Crippen LogP contribution in [0, 0.1) is 5.82 Å². The molecule has 0 aliphatic heterocycles. The minimum absolute atomic E-state index is 0.200. The molecule has 1 aromatic heterocycles. The van der Waals surface area contributed by atoms with Gasteiger partial charge >= 0.3 is 6.03 Å². The van der Waals surface area contributed by atoms with Gasteiger partial charge in [0, 0.05) is 17.7 Å². The lowest BCUT2D eigenvalue weighted by molar-refractivity contribution is -0.117. The van der Waals surface area contributed by atoms with Crippen LogP contribution in [0.2, 0.25) is 0 Å². The lowest BCUT2D eigenvalue weighted by Gasteiger charge is -2.26. The van der Waals surface area contributed by atoms with Gasteiger partial charge in [-0.05, 0) is 50.2 Å². The van der Waals surface area contributed by atoms with Gasteiger partial charge in [0.1, 0.15) is 23.9 Å². The van der Waals surface area contributed by atoms with Crippen molar-refractivity contribution < 1.29 is 18.7 Å². The largest absolute Gasteiger partial charge is 0.495 e. The molecule has 1 heterocycles. The number of aromatic nitrogens is 2. The van der Waals surface area contributed by atoms with E-state index in [0.717, 1.165) is 5.56 Å². The van der Waals surface area contributed by atoms with Gasteiger partial charge in [-0.3, -0.25) is 4.79 Å². The molecule has 0 unspecified atom stereocenters. The number of anilines is 2. The molecule has 0 fully saturated rings. The van der Waals surface area contributed by atoms with Gasteiger partial charge in [0.2, 0.25) is 5.91 Å². The second-order valence-corrected chi connectivity index (χ2v) is 8.57. The molecule has 2 N–H and O–H groups in total. The maximum absolute atomic E-state index is 13.5. The summed E-state index contributed by atoms with van der Waals surface area (Å²) in [4.78, 5) is 27.6. The average Bonchev–Trinajstić information content (AvgIpc) is 3.32. The number of para-hydroxylation sites is 2. The topological polar surface area (TPSA) is 88.5 Å². The van der Waals surface area contributed by atoms with E-state index < -0.39 is 11.9 Å². The molecule has 0 saturated heterocycles. The van der Waals surface area contributed by atoms with Crippen LogP contribution in [0.25, 0.3) is 16.9 Å². The van der Waals surface area contributed by atoms with Crippen molar-refractivity contribution >= 4 is 23.4 Å². The summed E-state index contributed by atoms with van der Waals surface area (Å²) in [7, 11) is 1.52. The minimum Gasteiger partial charge on any atom is -0.495 e. The fourth-order valence-electron chi connectivity index (χ4n) is 3.76. The van der Waals surface area contributed by atoms with E-state index >= 15 is 0 Å². The van der Waals surface area contributed by atoms with E-state index in [1.165, 1.54) is 28.8 Å². The number of amides is 3. The van der Waals surface area contributed by atoms with Crippen LogP contribution in [0.4, 0.5) is 20.7 Å². The Morgan fingerprint density at radius 3 is 2.32 bits per heavy atom. The molecule has 4 aromatic rings. The molecular weight excluding hydrogens is 473 g/mol. The molecule has 0 saturated carbocycles. The standard InChI is InChI=1S/C28H28FN5O3/c1-19(2)33(28(36)30-23-11-7-8-12-25(23)37-3)18-27(35)31-26-17-24(20-9-5-4-6-10-20)32-34(26)22-15-13-21(29)14-16-22/h4-17,19H,18H2,1-3H3,(H,30,36)(H,31,35). The van der Waals surface area contributed by atoms with E-state index in [1.807, 2.05) is 44.2 Å². The molecule has 8 nitrogen and oxygen atoms in total. The first kappa shape index (κ1) is 25.4. The SMILES string of the molecule is COc1ccccc1NC(=O)N(CC(=O)Nc1cc(-c2ccccc2)nn1-c1ccc(F)cc1)C(C)C. The molecule has 3 aromatic carbocycles. The van der Waals surface area contributed by atoms with Crippen molar-refractivity contribution in [3.05, 3.63) is 90.7 Å². The molecule has 4 rings (SSSR count). The summed E-state index contributed by atoms with van der Waals surface area (Å²) in [6.07, 6.45) is 0. The summed E-state index contributed by atoms with van der Waals surface area (Å²) in [5.41, 5.74) is 2.57. The second kappa shape index (κ2) is 11.4. The van der Waals surface area contributed by atoms with Gasteiger partial charge in [0.05, 0.1) is 24.2 Å². The number of benzene rings is 3. The van der Waals surface area contributed by atoms with Crippen molar-refractivity contribution in [1.29, 1.82) is 0 Å². The molecular formula is C28H28FN5O3. The van der Waals surface area contributed by atoms with E-state index in [9.17, 15) is 14.0 Å². The smallest absolute Gasteiger partial charge is 0.322 e. The van der Waals surface area contributed by atoms with E-state index in [4.69, 9.17) is 4.74 Å². The van der Waals surface area contributed by atoms with E-state index in [-0.39, 0.29) is 18.4 Å². The van der Waals surface area contributed by atoms with Crippen molar-refractivity contribution in [1.82, 2.24) is 14.7 Å². The number of urea groups is 1. The summed E-state index contributed by atoms with van der Waals surface area (Å²) in [6.45, 7) is 3.45. The van der Waals surface area contributed by atoms with Gasteiger partial charge in [0.25, 0.3) is 0 Å². The molecule has 37 heavy (non-hydrogen) atoms. The van der Waals surface area contributed by atoms with Gasteiger partial charge < -0.3 is 20.3 Å². The zero-order chi connectivity index (χ0) is 26.4. The molecule has 0 bridgehead atoms. The number of nitrogens with zero attached hydrogens (tertiary/aromatic N) is 3. The fraction of sp³-hybridized carbons (Fsp3) is 0.179. The van der Waals surface area contributed by atoms with Crippen LogP contribution in [0.3, 0.4) is 0 Å². The summed E-state index contributed by atoms with van der Waals surface area (Å²) in [5, 5.41) is 10.3. The maximum Gasteiger partial charge on any atom is 0.322 e. The van der Waals surface area contributed by atoms with Crippen molar-refractivity contribution in [2.45, 2.75) is 19.9 Å². The molecule has 0 spiro atoms. The van der Waals surface area contributed by atoms with Crippen molar-refractivity contribution in [3.8, 4) is 22.7 Å². The predicted octanol–water partition coefficient (Wildman–Crippen LogP) is 5.57. The average molecular weight is 502 g/mol. The Hall–Kier alpha value is -4.66. The second-order valence-electron chi connectivity index (χ2n) is 8.57. The third kappa shape index (κ3) is 6.13. The highest BCUT2D eigenvalue weighted by atomic mass is 19.1. The monoisotopic (exact) mass is 501 g/mol. The van der Waals surface area contributed by atoms with Crippen LogP contribution in [0.1, 0.15) is 13.8 Å². The number of ether oxygens (including phenoxy) is 1. The van der Waals surface area contributed by atoms with Crippen LogP contribution in [-0.2, 0) is 4.79 Å². The highest BCUT2D eigenvalue weighted by Gasteiger charge is 2.23. The zero-order valence-electron chi connectivity index (χ0n) is 20.8. The Morgan fingerprint density at radius 1 is 0.973 bits per heavy atom. The summed E-state index contributed by atoms with van der Waals surface area (Å²) in [6, 6.07) is 23.4. The highest BCUT2D eigenvalue weighted by molar-refractivity contribution is 5.97. The van der Waals surface area contributed by atoms with Crippen LogP contribution in [0.5, 0.6) is 5.75 Å². The molecule has 0 atom stereocenters. The number of halogens is 1. The molecule has 0 radical (unpaired) electrons. The van der Waals surface area contributed by atoms with Gasteiger partial charge in [0.15, 0.2) is 0 Å². The molecule has 0 aliphatic carbocycles. The van der Waals surface area contributed by atoms with Gasteiger partial charge in [-0.15, -0.1) is 0 Å². The quantitative estimate of drug-likeness (QED) is 0.331. The van der Waals surface area contributed by atoms with Gasteiger partial charge in [-0.1, -0.05) is 42.5 Å². The van der Waals surface area contributed by atoms with E-state index in [2.05, 4.69) is 15.7 Å². The molecule has 190 valence electrons. The Kier molecular flexibility index (Phi) is 7.83. The highest BCUT2D eigenvalue weighted by Crippen LogP contribution is 2.26. The normalized spacial score (nSPS) is 10.7. The fourth-order valence-corrected chi connectivity index (χ4v) is 3.76. The third-order valence-electron chi connectivity index (χ3n) is 5.66. The summed E-state index contributed by atoms with van der Waals surface area (Å²) < 4.78 is 20.4. The number of nitrogens with one attached hydrogen (secondary N) is 2. The van der Waals surface area contributed by atoms with Crippen molar-refractivity contribution in [2.24, 2.45) is 0 Å². The van der Waals surface area contributed by atoms with Crippen LogP contribution in [-0.4, -0.2) is 46.3 Å². The summed E-state index contributed by atoms with van der Waals surface area (Å²) >= 11 is 0. The number of hydrogen-bond donors (Lipinski definition) is 2. The number of carbonyl (C=O) groups excluding carboxylic acids is 2. The number of hydrogen-bond acceptors (Lipinski definition) is 4. The number of rotatable bonds is 8. The van der Waals surface area contributed by atoms with Gasteiger partial charge in [-0.2, -0.15) is 5.10 Å². The number of methoxy groups -OCH3 is 1. The van der Waals surface area contributed by atoms with Crippen molar-refractivity contribution in [2.75, 3.05) is 24.3 Å². The maximum atomic E-state index is 13.5. The Morgan fingerprint density at radius 2 is 1.65 bits per heavy atom. The predicted molar refractivity (Wildman–Crippen MR) is 141 cm³/mol. The molecule has 9 heteroatoms. The Labute approximate surface area is 214 Å². The zero-order valence-corrected chi connectivity index (χ0v) is 20.8. The van der Waals surface area contributed by atoms with Crippen LogP contribution >= 0.6 is 0 Å².